The SMILES string of the molecule is CC(C)[C@@H](C=O)NC(=O)CCOCCOCCOCCOCCNC(=O)CCC(=O)N1Cc2ccccc2C#Cc2ccccc21. The lowest BCUT2D eigenvalue weighted by atomic mass is 10.0. The summed E-state index contributed by atoms with van der Waals surface area (Å²) in [5, 5.41) is 5.46. The summed E-state index contributed by atoms with van der Waals surface area (Å²) in [7, 11) is 0. The van der Waals surface area contributed by atoms with E-state index in [1.165, 1.54) is 0 Å². The van der Waals surface area contributed by atoms with E-state index in [1.807, 2.05) is 62.4 Å². The van der Waals surface area contributed by atoms with Gasteiger partial charge in [0.25, 0.3) is 0 Å². The van der Waals surface area contributed by atoms with Gasteiger partial charge in [-0.1, -0.05) is 56.0 Å². The highest BCUT2D eigenvalue weighted by Gasteiger charge is 2.21. The highest BCUT2D eigenvalue weighted by Crippen LogP contribution is 2.26. The number of fused-ring (bicyclic) bond motifs is 2. The Kier molecular flexibility index (Phi) is 16.5. The molecule has 0 bridgehead atoms. The van der Waals surface area contributed by atoms with Crippen molar-refractivity contribution in [2.24, 2.45) is 5.92 Å². The van der Waals surface area contributed by atoms with Crippen LogP contribution in [0.4, 0.5) is 5.69 Å². The van der Waals surface area contributed by atoms with Crippen molar-refractivity contribution in [2.75, 3.05) is 64.3 Å². The van der Waals surface area contributed by atoms with Crippen molar-refractivity contribution in [3.05, 3.63) is 65.2 Å². The number of hydrogen-bond acceptors (Lipinski definition) is 8. The first-order valence-electron chi connectivity index (χ1n) is 15.7. The Balaban J connectivity index is 1.17. The zero-order chi connectivity index (χ0) is 33.0. The second kappa shape index (κ2) is 20.9. The molecule has 2 aromatic rings. The van der Waals surface area contributed by atoms with Crippen molar-refractivity contribution in [1.82, 2.24) is 10.6 Å². The summed E-state index contributed by atoms with van der Waals surface area (Å²) < 4.78 is 21.8. The summed E-state index contributed by atoms with van der Waals surface area (Å²) in [5.74, 6) is 5.86. The first kappa shape index (κ1) is 36.4. The number of nitrogens with zero attached hydrogens (tertiary/aromatic N) is 1. The second-order valence-electron chi connectivity index (χ2n) is 10.9. The molecule has 11 heteroatoms. The van der Waals surface area contributed by atoms with Crippen molar-refractivity contribution in [1.29, 1.82) is 0 Å². The Labute approximate surface area is 271 Å². The number of nitrogens with one attached hydrogen (secondary N) is 2. The highest BCUT2D eigenvalue weighted by molar-refractivity contribution is 5.96. The van der Waals surface area contributed by atoms with E-state index in [2.05, 4.69) is 22.5 Å². The third-order valence-electron chi connectivity index (χ3n) is 7.09. The van der Waals surface area contributed by atoms with Crippen LogP contribution in [-0.2, 0) is 44.7 Å². The van der Waals surface area contributed by atoms with Gasteiger partial charge in [0.1, 0.15) is 6.29 Å². The zero-order valence-electron chi connectivity index (χ0n) is 26.8. The van der Waals surface area contributed by atoms with Gasteiger partial charge in [-0.15, -0.1) is 0 Å². The summed E-state index contributed by atoms with van der Waals surface area (Å²) >= 11 is 0. The molecule has 0 saturated heterocycles. The largest absolute Gasteiger partial charge is 0.379 e. The van der Waals surface area contributed by atoms with Crippen LogP contribution in [0.2, 0.25) is 0 Å². The normalized spacial score (nSPS) is 12.5. The monoisotopic (exact) mass is 635 g/mol. The van der Waals surface area contributed by atoms with Gasteiger partial charge in [0.05, 0.1) is 71.1 Å². The Hall–Kier alpha value is -4.08. The smallest absolute Gasteiger partial charge is 0.227 e. The number of benzene rings is 2. The molecule has 1 aliphatic heterocycles. The molecule has 0 aliphatic carbocycles. The predicted octanol–water partition coefficient (Wildman–Crippen LogP) is 2.63. The second-order valence-corrected chi connectivity index (χ2v) is 10.9. The molecular weight excluding hydrogens is 590 g/mol. The molecule has 0 unspecified atom stereocenters. The van der Waals surface area contributed by atoms with Crippen LogP contribution in [0.3, 0.4) is 0 Å². The molecule has 2 aromatic carbocycles. The van der Waals surface area contributed by atoms with Crippen molar-refractivity contribution in [2.45, 2.75) is 45.7 Å². The van der Waals surface area contributed by atoms with Crippen LogP contribution in [0.15, 0.2) is 48.5 Å². The Morgan fingerprint density at radius 3 is 2.02 bits per heavy atom. The fourth-order valence-corrected chi connectivity index (χ4v) is 4.46. The number of amides is 3. The molecule has 1 heterocycles. The van der Waals surface area contributed by atoms with Gasteiger partial charge >= 0.3 is 0 Å². The number of anilines is 1. The molecular formula is C35H45N3O8. The lowest BCUT2D eigenvalue weighted by molar-refractivity contribution is -0.125. The molecule has 248 valence electrons. The van der Waals surface area contributed by atoms with E-state index in [-0.39, 0.29) is 49.5 Å². The molecule has 3 rings (SSSR count). The quantitative estimate of drug-likeness (QED) is 0.122. The molecule has 0 fully saturated rings. The van der Waals surface area contributed by atoms with E-state index in [4.69, 9.17) is 18.9 Å². The lowest BCUT2D eigenvalue weighted by Crippen LogP contribution is -2.40. The lowest BCUT2D eigenvalue weighted by Gasteiger charge is -2.26. The molecule has 1 aliphatic rings. The molecule has 0 radical (unpaired) electrons. The Bertz CT molecular complexity index is 1340. The van der Waals surface area contributed by atoms with Gasteiger partial charge in [0.15, 0.2) is 0 Å². The topological polar surface area (TPSA) is 133 Å². The summed E-state index contributed by atoms with van der Waals surface area (Å²) in [6, 6.07) is 14.9. The number of para-hydroxylation sites is 1. The minimum Gasteiger partial charge on any atom is -0.379 e. The van der Waals surface area contributed by atoms with Crippen molar-refractivity contribution >= 4 is 29.7 Å². The Morgan fingerprint density at radius 2 is 1.35 bits per heavy atom. The van der Waals surface area contributed by atoms with Crippen LogP contribution in [-0.4, -0.2) is 89.4 Å². The third-order valence-corrected chi connectivity index (χ3v) is 7.09. The zero-order valence-corrected chi connectivity index (χ0v) is 26.8. The molecule has 0 spiro atoms. The van der Waals surface area contributed by atoms with Crippen LogP contribution in [0.25, 0.3) is 0 Å². The van der Waals surface area contributed by atoms with E-state index in [1.54, 1.807) is 4.90 Å². The fourth-order valence-electron chi connectivity index (χ4n) is 4.46. The van der Waals surface area contributed by atoms with Crippen LogP contribution in [0.1, 0.15) is 49.8 Å². The van der Waals surface area contributed by atoms with E-state index in [0.717, 1.165) is 28.7 Å². The molecule has 0 saturated carbocycles. The molecule has 1 atom stereocenters. The molecule has 0 aromatic heterocycles. The summed E-state index contributed by atoms with van der Waals surface area (Å²) in [6.45, 7) is 7.35. The first-order valence-corrected chi connectivity index (χ1v) is 15.7. The fraction of sp³-hybridized carbons (Fsp3) is 0.486. The highest BCUT2D eigenvalue weighted by atomic mass is 16.6. The summed E-state index contributed by atoms with van der Waals surface area (Å²) in [6.07, 6.45) is 1.09. The van der Waals surface area contributed by atoms with Gasteiger partial charge in [-0.05, 0) is 29.7 Å². The summed E-state index contributed by atoms with van der Waals surface area (Å²) in [4.78, 5) is 50.1. The minimum atomic E-state index is -0.480. The van der Waals surface area contributed by atoms with E-state index >= 15 is 0 Å². The van der Waals surface area contributed by atoms with Gasteiger partial charge < -0.3 is 39.3 Å². The number of carbonyl (C=O) groups is 4. The number of ether oxygens (including phenoxy) is 4. The number of rotatable bonds is 21. The van der Waals surface area contributed by atoms with E-state index < -0.39 is 6.04 Å². The minimum absolute atomic E-state index is 0.0446. The van der Waals surface area contributed by atoms with Crippen LogP contribution >= 0.6 is 0 Å². The Morgan fingerprint density at radius 1 is 0.761 bits per heavy atom. The summed E-state index contributed by atoms with van der Waals surface area (Å²) in [5.41, 5.74) is 3.38. The maximum absolute atomic E-state index is 13.2. The third kappa shape index (κ3) is 13.1. The first-order chi connectivity index (χ1) is 22.4. The maximum atomic E-state index is 13.2. The van der Waals surface area contributed by atoms with Crippen LogP contribution < -0.4 is 15.5 Å². The van der Waals surface area contributed by atoms with Gasteiger partial charge in [0.2, 0.25) is 17.7 Å². The average Bonchev–Trinajstić information content (AvgIpc) is 3.05. The maximum Gasteiger partial charge on any atom is 0.227 e. The average molecular weight is 636 g/mol. The number of hydrogen-bond donors (Lipinski definition) is 2. The molecule has 11 nitrogen and oxygen atoms in total. The number of carbonyl (C=O) groups excluding carboxylic acids is 4. The van der Waals surface area contributed by atoms with Crippen LogP contribution in [0.5, 0.6) is 0 Å². The van der Waals surface area contributed by atoms with Crippen molar-refractivity contribution in [3.8, 4) is 11.8 Å². The van der Waals surface area contributed by atoms with Gasteiger partial charge in [-0.25, -0.2) is 0 Å². The van der Waals surface area contributed by atoms with Crippen molar-refractivity contribution < 1.29 is 38.1 Å². The van der Waals surface area contributed by atoms with Gasteiger partial charge in [-0.3, -0.25) is 14.4 Å². The van der Waals surface area contributed by atoms with E-state index in [9.17, 15) is 19.2 Å². The van der Waals surface area contributed by atoms with Gasteiger partial charge in [0, 0.05) is 36.9 Å². The molecule has 46 heavy (non-hydrogen) atoms. The van der Waals surface area contributed by atoms with Crippen LogP contribution in [0, 0.1) is 17.8 Å². The predicted molar refractivity (Wildman–Crippen MR) is 173 cm³/mol. The standard InChI is InChI=1S/C35H45N3O8/c1-27(2)31(26-39)37-34(41)15-17-43-19-21-45-23-24-46-22-20-44-18-16-36-33(40)13-14-35(42)38-25-30-9-4-3-7-28(30)11-12-29-8-5-6-10-32(29)38/h3-10,26-27,31H,13-25H2,1-2H3,(H,36,40)(H,37,41)/t31-/m1/s1. The van der Waals surface area contributed by atoms with Crippen molar-refractivity contribution in [3.63, 3.8) is 0 Å². The number of aldehydes is 1. The molecule has 3 amide bonds. The van der Waals surface area contributed by atoms with Gasteiger partial charge in [-0.2, -0.15) is 0 Å². The van der Waals surface area contributed by atoms with E-state index in [0.29, 0.717) is 59.3 Å². The molecule has 2 N–H and O–H groups in total.